The van der Waals surface area contributed by atoms with E-state index in [2.05, 4.69) is 21.3 Å². The molecule has 6 heteroatoms. The van der Waals surface area contributed by atoms with Gasteiger partial charge in [-0.2, -0.15) is 5.10 Å². The van der Waals surface area contributed by atoms with Crippen molar-refractivity contribution >= 4 is 11.6 Å². The second-order valence-corrected chi connectivity index (χ2v) is 3.86. The van der Waals surface area contributed by atoms with E-state index in [1.165, 1.54) is 6.20 Å². The Bertz CT molecular complexity index is 582. The third-order valence-corrected chi connectivity index (χ3v) is 2.43. The molecule has 0 aliphatic heterocycles. The van der Waals surface area contributed by atoms with Gasteiger partial charge >= 0.3 is 0 Å². The number of carbonyl (C=O) groups excluding carboxylic acids is 1. The van der Waals surface area contributed by atoms with Gasteiger partial charge in [0, 0.05) is 18.8 Å². The second kappa shape index (κ2) is 5.80. The molecule has 2 aromatic heterocycles. The Morgan fingerprint density at radius 1 is 1.58 bits per heavy atom. The van der Waals surface area contributed by atoms with Crippen molar-refractivity contribution < 1.29 is 4.79 Å². The predicted molar refractivity (Wildman–Crippen MR) is 71.4 cm³/mol. The Labute approximate surface area is 110 Å². The molecule has 0 fully saturated rings. The molecule has 2 aromatic rings. The summed E-state index contributed by atoms with van der Waals surface area (Å²) in [6.07, 6.45) is 10.3. The molecule has 0 saturated heterocycles. The fraction of sp³-hybridized carbons (Fsp3) is 0.154. The van der Waals surface area contributed by atoms with E-state index in [0.29, 0.717) is 11.5 Å². The number of aromatic nitrogens is 3. The number of nitrogens with two attached hydrogens (primary N) is 1. The standard InChI is InChI=1S/C13H13N5O/c1-2-4-11(14)13(19)17-10-5-6-12(15-9-10)18-8-3-7-16-18/h1,3,5-9,11H,4,14H2,(H,17,19). The minimum absolute atomic E-state index is 0.199. The molecule has 3 N–H and O–H groups in total. The summed E-state index contributed by atoms with van der Waals surface area (Å²) in [4.78, 5) is 15.8. The Balaban J connectivity index is 2.03. The average molecular weight is 255 g/mol. The van der Waals surface area contributed by atoms with Crippen LogP contribution in [0.5, 0.6) is 0 Å². The first-order valence-corrected chi connectivity index (χ1v) is 5.66. The van der Waals surface area contributed by atoms with E-state index in [4.69, 9.17) is 12.2 Å². The predicted octanol–water partition coefficient (Wildman–Crippen LogP) is 0.556. The van der Waals surface area contributed by atoms with E-state index >= 15 is 0 Å². The van der Waals surface area contributed by atoms with Crippen molar-refractivity contribution in [1.82, 2.24) is 14.8 Å². The highest BCUT2D eigenvalue weighted by Crippen LogP contribution is 2.09. The molecule has 0 saturated carbocycles. The van der Waals surface area contributed by atoms with Gasteiger partial charge in [0.1, 0.15) is 0 Å². The van der Waals surface area contributed by atoms with E-state index in [0.717, 1.165) is 0 Å². The maximum atomic E-state index is 11.6. The summed E-state index contributed by atoms with van der Waals surface area (Å²) in [7, 11) is 0. The molecule has 0 radical (unpaired) electrons. The van der Waals surface area contributed by atoms with Crippen LogP contribution in [0.3, 0.4) is 0 Å². The van der Waals surface area contributed by atoms with Crippen LogP contribution >= 0.6 is 0 Å². The number of pyridine rings is 1. The lowest BCUT2D eigenvalue weighted by molar-refractivity contribution is -0.117. The van der Waals surface area contributed by atoms with Crippen molar-refractivity contribution in [3.63, 3.8) is 0 Å². The molecule has 96 valence electrons. The number of nitrogens with zero attached hydrogens (tertiary/aromatic N) is 3. The first-order valence-electron chi connectivity index (χ1n) is 5.66. The van der Waals surface area contributed by atoms with Crippen LogP contribution in [0.25, 0.3) is 5.82 Å². The number of carbonyl (C=O) groups is 1. The third kappa shape index (κ3) is 3.18. The number of nitrogens with one attached hydrogen (secondary N) is 1. The van der Waals surface area contributed by atoms with Gasteiger partial charge in [0.25, 0.3) is 0 Å². The van der Waals surface area contributed by atoms with Crippen LogP contribution in [-0.2, 0) is 4.79 Å². The van der Waals surface area contributed by atoms with Gasteiger partial charge < -0.3 is 11.1 Å². The minimum Gasteiger partial charge on any atom is -0.323 e. The zero-order valence-electron chi connectivity index (χ0n) is 10.2. The van der Waals surface area contributed by atoms with Crippen LogP contribution in [0.1, 0.15) is 6.42 Å². The number of terminal acetylenes is 1. The molecule has 1 unspecified atom stereocenters. The molecule has 1 atom stereocenters. The second-order valence-electron chi connectivity index (χ2n) is 3.86. The molecule has 2 rings (SSSR count). The maximum Gasteiger partial charge on any atom is 0.242 e. The summed E-state index contributed by atoms with van der Waals surface area (Å²) in [5.41, 5.74) is 6.16. The van der Waals surface area contributed by atoms with Crippen molar-refractivity contribution in [2.45, 2.75) is 12.5 Å². The van der Waals surface area contributed by atoms with E-state index in [1.807, 2.05) is 0 Å². The van der Waals surface area contributed by atoms with Gasteiger partial charge in [0.15, 0.2) is 5.82 Å². The Morgan fingerprint density at radius 2 is 2.42 bits per heavy atom. The molecule has 2 heterocycles. The number of hydrogen-bond donors (Lipinski definition) is 2. The highest BCUT2D eigenvalue weighted by atomic mass is 16.2. The quantitative estimate of drug-likeness (QED) is 0.781. The van der Waals surface area contributed by atoms with E-state index in [9.17, 15) is 4.79 Å². The largest absolute Gasteiger partial charge is 0.323 e. The van der Waals surface area contributed by atoms with Crippen LogP contribution in [0.4, 0.5) is 5.69 Å². The average Bonchev–Trinajstić information content (AvgIpc) is 2.94. The molecule has 1 amide bonds. The van der Waals surface area contributed by atoms with Gasteiger partial charge in [-0.25, -0.2) is 9.67 Å². The molecule has 6 nitrogen and oxygen atoms in total. The number of rotatable bonds is 4. The SMILES string of the molecule is C#CCC(N)C(=O)Nc1ccc(-n2cccn2)nc1. The smallest absolute Gasteiger partial charge is 0.242 e. The summed E-state index contributed by atoms with van der Waals surface area (Å²) in [5.74, 6) is 2.68. The van der Waals surface area contributed by atoms with Crippen LogP contribution in [0.2, 0.25) is 0 Å². The van der Waals surface area contributed by atoms with Crippen LogP contribution in [0, 0.1) is 12.3 Å². The lowest BCUT2D eigenvalue weighted by atomic mass is 10.2. The minimum atomic E-state index is -0.712. The highest BCUT2D eigenvalue weighted by Gasteiger charge is 2.12. The topological polar surface area (TPSA) is 85.8 Å². The zero-order valence-corrected chi connectivity index (χ0v) is 10.2. The Kier molecular flexibility index (Phi) is 3.90. The number of anilines is 1. The Hall–Kier alpha value is -2.65. The molecular weight excluding hydrogens is 242 g/mol. The van der Waals surface area contributed by atoms with Crippen molar-refractivity contribution in [3.8, 4) is 18.2 Å². The van der Waals surface area contributed by atoms with Crippen molar-refractivity contribution in [3.05, 3.63) is 36.8 Å². The van der Waals surface area contributed by atoms with Gasteiger partial charge in [-0.3, -0.25) is 4.79 Å². The summed E-state index contributed by atoms with van der Waals surface area (Å²) < 4.78 is 1.62. The van der Waals surface area contributed by atoms with E-state index in [-0.39, 0.29) is 12.3 Å². The molecule has 0 aliphatic rings. The molecule has 0 bridgehead atoms. The lowest BCUT2D eigenvalue weighted by Gasteiger charge is -2.09. The van der Waals surface area contributed by atoms with Crippen molar-refractivity contribution in [2.24, 2.45) is 5.73 Å². The van der Waals surface area contributed by atoms with Crippen molar-refractivity contribution in [2.75, 3.05) is 5.32 Å². The molecular formula is C13H13N5O. The number of hydrogen-bond acceptors (Lipinski definition) is 4. The van der Waals surface area contributed by atoms with Gasteiger partial charge in [0.2, 0.25) is 5.91 Å². The van der Waals surface area contributed by atoms with Crippen molar-refractivity contribution in [1.29, 1.82) is 0 Å². The van der Waals surface area contributed by atoms with Crippen LogP contribution in [0.15, 0.2) is 36.8 Å². The monoisotopic (exact) mass is 255 g/mol. The number of amides is 1. The molecule has 0 spiro atoms. The van der Waals surface area contributed by atoms with Gasteiger partial charge in [-0.1, -0.05) is 0 Å². The fourth-order valence-corrected chi connectivity index (χ4v) is 1.45. The maximum absolute atomic E-state index is 11.6. The molecule has 0 aromatic carbocycles. The van der Waals surface area contributed by atoms with Gasteiger partial charge in [0.05, 0.1) is 17.9 Å². The first-order chi connectivity index (χ1) is 9.20. The Morgan fingerprint density at radius 3 is 3.00 bits per heavy atom. The molecule has 19 heavy (non-hydrogen) atoms. The van der Waals surface area contributed by atoms with E-state index in [1.54, 1.807) is 35.3 Å². The van der Waals surface area contributed by atoms with Gasteiger partial charge in [-0.15, -0.1) is 12.3 Å². The normalized spacial score (nSPS) is 11.6. The fourth-order valence-electron chi connectivity index (χ4n) is 1.45. The summed E-state index contributed by atoms with van der Waals surface area (Å²) in [6.45, 7) is 0. The summed E-state index contributed by atoms with van der Waals surface area (Å²) >= 11 is 0. The molecule has 0 aliphatic carbocycles. The lowest BCUT2D eigenvalue weighted by Crippen LogP contribution is -2.35. The summed E-state index contributed by atoms with van der Waals surface area (Å²) in [5, 5.41) is 6.70. The third-order valence-electron chi connectivity index (χ3n) is 2.43. The van der Waals surface area contributed by atoms with E-state index < -0.39 is 6.04 Å². The highest BCUT2D eigenvalue weighted by molar-refractivity contribution is 5.94. The summed E-state index contributed by atoms with van der Waals surface area (Å²) in [6, 6.07) is 4.56. The van der Waals surface area contributed by atoms with Crippen LogP contribution < -0.4 is 11.1 Å². The zero-order chi connectivity index (χ0) is 13.7. The first kappa shape index (κ1) is 12.8. The van der Waals surface area contributed by atoms with Crippen LogP contribution in [-0.4, -0.2) is 26.7 Å². The van der Waals surface area contributed by atoms with Gasteiger partial charge in [-0.05, 0) is 18.2 Å².